The maximum absolute atomic E-state index is 14.9. The molecule has 6 heteroatoms. The summed E-state index contributed by atoms with van der Waals surface area (Å²) in [5.74, 6) is 0.369. The molecule has 1 saturated carbocycles. The van der Waals surface area contributed by atoms with Gasteiger partial charge in [-0.1, -0.05) is 82.1 Å². The van der Waals surface area contributed by atoms with Gasteiger partial charge in [0.2, 0.25) is 0 Å². The Bertz CT molecular complexity index is 961. The Morgan fingerprint density at radius 2 is 1.35 bits per heavy atom. The van der Waals surface area contributed by atoms with Gasteiger partial charge in [-0.3, -0.25) is 0 Å². The highest BCUT2D eigenvalue weighted by Crippen LogP contribution is 2.41. The zero-order valence-corrected chi connectivity index (χ0v) is 23.2. The van der Waals surface area contributed by atoms with Gasteiger partial charge in [-0.25, -0.2) is 8.78 Å². The molecule has 4 rings (SSSR count). The standard InChI is InChI=1S/C31H41F5Si/c1-2-3-4-17-37-18-15-23(16-19-37)6-5-22-7-9-24(10-8-22)26-20-28(32)30(29(33)21-26)25-11-13-27(14-12-25)31(34,35)36/h11-14,20-24,37H,2-10,15-19H2,1H3/t22-,23?,24-,37?. The second-order valence-electron chi connectivity index (χ2n) is 11.6. The molecule has 0 nitrogen and oxygen atoms in total. The van der Waals surface area contributed by atoms with E-state index in [9.17, 15) is 22.0 Å². The number of alkyl halides is 3. The molecule has 0 atom stereocenters. The van der Waals surface area contributed by atoms with E-state index in [4.69, 9.17) is 0 Å². The van der Waals surface area contributed by atoms with E-state index >= 15 is 0 Å². The van der Waals surface area contributed by atoms with Gasteiger partial charge in [0.1, 0.15) is 11.6 Å². The minimum atomic E-state index is -4.48. The summed E-state index contributed by atoms with van der Waals surface area (Å²) in [7, 11) is -0.447. The van der Waals surface area contributed by atoms with Crippen LogP contribution in [0.5, 0.6) is 0 Å². The van der Waals surface area contributed by atoms with Crippen LogP contribution in [-0.2, 0) is 6.18 Å². The van der Waals surface area contributed by atoms with Crippen LogP contribution in [0.15, 0.2) is 36.4 Å². The fourth-order valence-corrected chi connectivity index (χ4v) is 10.3. The monoisotopic (exact) mass is 536 g/mol. The fourth-order valence-electron chi connectivity index (χ4n) is 6.68. The highest BCUT2D eigenvalue weighted by atomic mass is 28.3. The molecule has 204 valence electrons. The quantitative estimate of drug-likeness (QED) is 0.170. The molecule has 1 heterocycles. The summed E-state index contributed by atoms with van der Waals surface area (Å²) in [5, 5.41) is 0. The third-order valence-electron chi connectivity index (χ3n) is 9.05. The highest BCUT2D eigenvalue weighted by molar-refractivity contribution is 6.58. The number of benzene rings is 2. The van der Waals surface area contributed by atoms with Crippen LogP contribution in [0.3, 0.4) is 0 Å². The van der Waals surface area contributed by atoms with Crippen LogP contribution >= 0.6 is 0 Å². The molecule has 0 amide bonds. The first-order valence-electron chi connectivity index (χ1n) is 14.4. The Morgan fingerprint density at radius 1 is 0.784 bits per heavy atom. The van der Waals surface area contributed by atoms with Crippen LogP contribution in [0.4, 0.5) is 22.0 Å². The third kappa shape index (κ3) is 7.67. The van der Waals surface area contributed by atoms with Gasteiger partial charge in [-0.05, 0) is 78.8 Å². The van der Waals surface area contributed by atoms with Gasteiger partial charge in [0.25, 0.3) is 0 Å². The number of unbranched alkanes of at least 4 members (excludes halogenated alkanes) is 2. The molecule has 2 aromatic carbocycles. The van der Waals surface area contributed by atoms with Crippen LogP contribution in [0, 0.1) is 23.5 Å². The lowest BCUT2D eigenvalue weighted by molar-refractivity contribution is -0.137. The zero-order valence-electron chi connectivity index (χ0n) is 22.1. The van der Waals surface area contributed by atoms with Crippen LogP contribution in [0.1, 0.15) is 94.6 Å². The molecule has 1 saturated heterocycles. The number of hydrogen-bond donors (Lipinski definition) is 0. The van der Waals surface area contributed by atoms with Gasteiger partial charge in [0.05, 0.1) is 11.1 Å². The van der Waals surface area contributed by atoms with Crippen LogP contribution in [0.2, 0.25) is 18.1 Å². The Balaban J connectivity index is 1.26. The first-order chi connectivity index (χ1) is 17.7. The van der Waals surface area contributed by atoms with E-state index in [0.29, 0.717) is 5.56 Å². The van der Waals surface area contributed by atoms with E-state index in [1.54, 1.807) is 18.1 Å². The maximum atomic E-state index is 14.9. The molecule has 2 aliphatic rings. The van der Waals surface area contributed by atoms with E-state index in [2.05, 4.69) is 6.92 Å². The van der Waals surface area contributed by atoms with Crippen molar-refractivity contribution in [3.8, 4) is 11.1 Å². The van der Waals surface area contributed by atoms with Crippen LogP contribution in [-0.4, -0.2) is 8.80 Å². The molecule has 37 heavy (non-hydrogen) atoms. The predicted molar refractivity (Wildman–Crippen MR) is 145 cm³/mol. The first kappa shape index (κ1) is 28.3. The normalized spacial score (nSPS) is 24.8. The van der Waals surface area contributed by atoms with Crippen LogP contribution < -0.4 is 0 Å². The number of hydrogen-bond acceptors (Lipinski definition) is 0. The van der Waals surface area contributed by atoms with Crippen molar-refractivity contribution in [3.63, 3.8) is 0 Å². The summed E-state index contributed by atoms with van der Waals surface area (Å²) < 4.78 is 68.4. The number of halogens is 5. The van der Waals surface area contributed by atoms with E-state index < -0.39 is 32.2 Å². The Labute approximate surface area is 220 Å². The van der Waals surface area contributed by atoms with Crippen LogP contribution in [0.25, 0.3) is 11.1 Å². The van der Waals surface area contributed by atoms with Crippen molar-refractivity contribution in [2.75, 3.05) is 0 Å². The summed E-state index contributed by atoms with van der Waals surface area (Å²) >= 11 is 0. The second kappa shape index (κ2) is 12.9. The molecular formula is C31H41F5Si. The summed E-state index contributed by atoms with van der Waals surface area (Å²) in [6.45, 7) is 2.28. The predicted octanol–water partition coefficient (Wildman–Crippen LogP) is 10.5. The third-order valence-corrected chi connectivity index (χ3v) is 12.6. The van der Waals surface area contributed by atoms with Gasteiger partial charge < -0.3 is 0 Å². The first-order valence-corrected chi connectivity index (χ1v) is 16.9. The smallest absolute Gasteiger partial charge is 0.206 e. The molecule has 2 fully saturated rings. The minimum absolute atomic E-state index is 0.121. The van der Waals surface area contributed by atoms with Gasteiger partial charge in [-0.15, -0.1) is 0 Å². The number of rotatable bonds is 9. The van der Waals surface area contributed by atoms with Crippen molar-refractivity contribution in [1.82, 2.24) is 0 Å². The van der Waals surface area contributed by atoms with E-state index in [1.165, 1.54) is 57.1 Å². The molecule has 0 unspecified atom stereocenters. The topological polar surface area (TPSA) is 0 Å². The van der Waals surface area contributed by atoms with Crippen molar-refractivity contribution in [1.29, 1.82) is 0 Å². The Hall–Kier alpha value is -1.69. The Morgan fingerprint density at radius 3 is 1.89 bits per heavy atom. The lowest BCUT2D eigenvalue weighted by Crippen LogP contribution is -2.22. The lowest BCUT2D eigenvalue weighted by atomic mass is 9.76. The molecule has 1 aliphatic heterocycles. The van der Waals surface area contributed by atoms with Crippen molar-refractivity contribution < 1.29 is 22.0 Å². The zero-order chi connectivity index (χ0) is 26.4. The molecule has 1 aliphatic carbocycles. The van der Waals surface area contributed by atoms with Gasteiger partial charge in [-0.2, -0.15) is 13.2 Å². The van der Waals surface area contributed by atoms with Gasteiger partial charge in [0, 0.05) is 8.80 Å². The van der Waals surface area contributed by atoms with Crippen molar-refractivity contribution in [2.45, 2.75) is 108 Å². The average molecular weight is 537 g/mol. The van der Waals surface area contributed by atoms with Gasteiger partial charge in [0.15, 0.2) is 0 Å². The summed E-state index contributed by atoms with van der Waals surface area (Å²) in [5.41, 5.74) is -0.289. The molecule has 0 N–H and O–H groups in total. The molecular weight excluding hydrogens is 495 g/mol. The molecule has 0 radical (unpaired) electrons. The highest BCUT2D eigenvalue weighted by Gasteiger charge is 2.31. The molecule has 0 aromatic heterocycles. The van der Waals surface area contributed by atoms with Gasteiger partial charge >= 0.3 is 6.18 Å². The van der Waals surface area contributed by atoms with E-state index in [0.717, 1.165) is 61.8 Å². The summed E-state index contributed by atoms with van der Waals surface area (Å²) in [4.78, 5) is 0. The fraction of sp³-hybridized carbons (Fsp3) is 0.613. The minimum Gasteiger partial charge on any atom is -0.206 e. The maximum Gasteiger partial charge on any atom is 0.416 e. The van der Waals surface area contributed by atoms with E-state index in [-0.39, 0.29) is 17.0 Å². The van der Waals surface area contributed by atoms with Crippen molar-refractivity contribution >= 4 is 8.80 Å². The molecule has 2 aromatic rings. The average Bonchev–Trinajstić information content (AvgIpc) is 2.88. The SMILES string of the molecule is CCCCC[SiH]1CCC(CC[C@H]2CC[C@H](c3cc(F)c(-c4ccc(C(F)(F)F)cc4)c(F)c3)CC2)CC1. The largest absolute Gasteiger partial charge is 0.416 e. The lowest BCUT2D eigenvalue weighted by Gasteiger charge is -2.32. The summed E-state index contributed by atoms with van der Waals surface area (Å²) in [6, 6.07) is 11.4. The second-order valence-corrected chi connectivity index (χ2v) is 15.1. The molecule has 0 bridgehead atoms. The molecule has 0 spiro atoms. The Kier molecular flexibility index (Phi) is 9.88. The van der Waals surface area contributed by atoms with E-state index in [1.807, 2.05) is 0 Å². The van der Waals surface area contributed by atoms with Crippen molar-refractivity contribution in [3.05, 3.63) is 59.2 Å². The van der Waals surface area contributed by atoms with Crippen molar-refractivity contribution in [2.24, 2.45) is 11.8 Å². The summed E-state index contributed by atoms with van der Waals surface area (Å²) in [6.07, 6.45) is 9.32.